The number of anilines is 1. The van der Waals surface area contributed by atoms with Gasteiger partial charge in [-0.25, -0.2) is 0 Å². The van der Waals surface area contributed by atoms with E-state index in [0.29, 0.717) is 5.92 Å². The maximum absolute atomic E-state index is 6.06. The number of aromatic nitrogens is 2. The highest BCUT2D eigenvalue weighted by atomic mass is 15.3. The minimum absolute atomic E-state index is 0.467. The molecule has 1 aromatic rings. The van der Waals surface area contributed by atoms with Crippen molar-refractivity contribution in [2.24, 2.45) is 7.05 Å². The Morgan fingerprint density at radius 3 is 2.41 bits per heavy atom. The molecule has 0 saturated heterocycles. The second kappa shape index (κ2) is 6.67. The first kappa shape index (κ1) is 14.1. The van der Waals surface area contributed by atoms with Crippen molar-refractivity contribution in [2.45, 2.75) is 65.2 Å². The Kier molecular flexibility index (Phi) is 5.52. The van der Waals surface area contributed by atoms with Gasteiger partial charge in [0.15, 0.2) is 0 Å². The zero-order valence-corrected chi connectivity index (χ0v) is 11.8. The summed E-state index contributed by atoms with van der Waals surface area (Å²) in [5.74, 6) is 1.30. The standard InChI is InChI=1S/C14H27N3/c1-5-6-7-8-9-10-12-13(11(2)3)14(15)17(4)16-12/h11H,5-10,15H2,1-4H3. The molecule has 98 valence electrons. The SMILES string of the molecule is CCCCCCCc1nn(C)c(N)c1C(C)C. The minimum Gasteiger partial charge on any atom is -0.384 e. The average Bonchev–Trinajstić information content (AvgIpc) is 2.54. The fourth-order valence-corrected chi connectivity index (χ4v) is 2.32. The molecule has 0 unspecified atom stereocenters. The van der Waals surface area contributed by atoms with Crippen LogP contribution in [-0.2, 0) is 13.5 Å². The third kappa shape index (κ3) is 3.76. The van der Waals surface area contributed by atoms with E-state index >= 15 is 0 Å². The third-order valence-electron chi connectivity index (χ3n) is 3.30. The van der Waals surface area contributed by atoms with Crippen LogP contribution in [0.25, 0.3) is 0 Å². The molecule has 1 heterocycles. The van der Waals surface area contributed by atoms with Crippen LogP contribution in [0.5, 0.6) is 0 Å². The van der Waals surface area contributed by atoms with Gasteiger partial charge in [0, 0.05) is 12.6 Å². The van der Waals surface area contributed by atoms with Gasteiger partial charge in [0.05, 0.1) is 5.69 Å². The lowest BCUT2D eigenvalue weighted by Gasteiger charge is -2.07. The maximum atomic E-state index is 6.06. The number of unbranched alkanes of at least 4 members (excludes halogenated alkanes) is 4. The zero-order chi connectivity index (χ0) is 12.8. The van der Waals surface area contributed by atoms with Crippen molar-refractivity contribution in [1.29, 1.82) is 0 Å². The van der Waals surface area contributed by atoms with Crippen molar-refractivity contribution in [3.63, 3.8) is 0 Å². The summed E-state index contributed by atoms with van der Waals surface area (Å²) in [6, 6.07) is 0. The van der Waals surface area contributed by atoms with Gasteiger partial charge in [-0.3, -0.25) is 4.68 Å². The minimum atomic E-state index is 0.467. The molecular weight excluding hydrogens is 210 g/mol. The number of hydrogen-bond acceptors (Lipinski definition) is 2. The maximum Gasteiger partial charge on any atom is 0.125 e. The van der Waals surface area contributed by atoms with Crippen molar-refractivity contribution in [3.05, 3.63) is 11.3 Å². The van der Waals surface area contributed by atoms with Crippen LogP contribution in [0.15, 0.2) is 0 Å². The van der Waals surface area contributed by atoms with E-state index < -0.39 is 0 Å². The van der Waals surface area contributed by atoms with Gasteiger partial charge in [-0.05, 0) is 18.8 Å². The lowest BCUT2D eigenvalue weighted by molar-refractivity contribution is 0.620. The monoisotopic (exact) mass is 237 g/mol. The molecule has 0 aromatic carbocycles. The Balaban J connectivity index is 2.55. The van der Waals surface area contributed by atoms with E-state index in [1.54, 1.807) is 0 Å². The summed E-state index contributed by atoms with van der Waals surface area (Å²) < 4.78 is 1.82. The first-order chi connectivity index (χ1) is 8.07. The molecule has 1 rings (SSSR count). The van der Waals surface area contributed by atoms with Gasteiger partial charge in [0.2, 0.25) is 0 Å². The summed E-state index contributed by atoms with van der Waals surface area (Å²) in [5, 5.41) is 4.54. The fourth-order valence-electron chi connectivity index (χ4n) is 2.32. The van der Waals surface area contributed by atoms with Crippen LogP contribution in [0.4, 0.5) is 5.82 Å². The van der Waals surface area contributed by atoms with Gasteiger partial charge >= 0.3 is 0 Å². The summed E-state index contributed by atoms with van der Waals surface area (Å²) in [6.45, 7) is 6.62. The molecule has 0 fully saturated rings. The van der Waals surface area contributed by atoms with E-state index in [9.17, 15) is 0 Å². The molecule has 0 aliphatic rings. The van der Waals surface area contributed by atoms with E-state index in [-0.39, 0.29) is 0 Å². The number of rotatable bonds is 7. The molecule has 2 N–H and O–H groups in total. The number of hydrogen-bond donors (Lipinski definition) is 1. The summed E-state index contributed by atoms with van der Waals surface area (Å²) in [7, 11) is 1.93. The Bertz CT molecular complexity index is 339. The van der Waals surface area contributed by atoms with E-state index in [2.05, 4.69) is 25.9 Å². The van der Waals surface area contributed by atoms with Gasteiger partial charge < -0.3 is 5.73 Å². The summed E-state index contributed by atoms with van der Waals surface area (Å²) in [6.07, 6.45) is 7.60. The number of aryl methyl sites for hydroxylation is 2. The van der Waals surface area contributed by atoms with E-state index in [0.717, 1.165) is 12.2 Å². The van der Waals surface area contributed by atoms with Crippen molar-refractivity contribution >= 4 is 5.82 Å². The van der Waals surface area contributed by atoms with Crippen LogP contribution in [-0.4, -0.2) is 9.78 Å². The predicted molar refractivity (Wildman–Crippen MR) is 74.2 cm³/mol. The molecule has 1 aromatic heterocycles. The normalized spacial score (nSPS) is 11.4. The fraction of sp³-hybridized carbons (Fsp3) is 0.786. The molecule has 17 heavy (non-hydrogen) atoms. The topological polar surface area (TPSA) is 43.8 Å². The third-order valence-corrected chi connectivity index (χ3v) is 3.30. The molecule has 3 heteroatoms. The van der Waals surface area contributed by atoms with E-state index in [1.807, 2.05) is 11.7 Å². The summed E-state index contributed by atoms with van der Waals surface area (Å²) in [5.41, 5.74) is 8.51. The van der Waals surface area contributed by atoms with Crippen LogP contribution >= 0.6 is 0 Å². The van der Waals surface area contributed by atoms with Crippen molar-refractivity contribution < 1.29 is 0 Å². The number of nitrogens with zero attached hydrogens (tertiary/aromatic N) is 2. The highest BCUT2D eigenvalue weighted by molar-refractivity contribution is 5.45. The molecule has 0 atom stereocenters. The molecule has 0 radical (unpaired) electrons. The lowest BCUT2D eigenvalue weighted by Crippen LogP contribution is -2.00. The summed E-state index contributed by atoms with van der Waals surface area (Å²) in [4.78, 5) is 0. The summed E-state index contributed by atoms with van der Waals surface area (Å²) >= 11 is 0. The van der Waals surface area contributed by atoms with Crippen LogP contribution in [0.1, 0.15) is 70.1 Å². The van der Waals surface area contributed by atoms with Crippen LogP contribution < -0.4 is 5.73 Å². The van der Waals surface area contributed by atoms with Crippen molar-refractivity contribution in [1.82, 2.24) is 9.78 Å². The Morgan fingerprint density at radius 2 is 1.82 bits per heavy atom. The smallest absolute Gasteiger partial charge is 0.125 e. The molecular formula is C14H27N3. The van der Waals surface area contributed by atoms with Crippen LogP contribution in [0, 0.1) is 0 Å². The number of nitrogens with two attached hydrogens (primary N) is 1. The van der Waals surface area contributed by atoms with Crippen molar-refractivity contribution in [2.75, 3.05) is 5.73 Å². The Hall–Kier alpha value is -0.990. The van der Waals surface area contributed by atoms with Gasteiger partial charge in [0.1, 0.15) is 5.82 Å². The second-order valence-electron chi connectivity index (χ2n) is 5.19. The van der Waals surface area contributed by atoms with Gasteiger partial charge in [-0.2, -0.15) is 5.10 Å². The highest BCUT2D eigenvalue weighted by Gasteiger charge is 2.15. The zero-order valence-electron chi connectivity index (χ0n) is 11.8. The van der Waals surface area contributed by atoms with Gasteiger partial charge in [-0.1, -0.05) is 46.5 Å². The van der Waals surface area contributed by atoms with Crippen LogP contribution in [0.2, 0.25) is 0 Å². The van der Waals surface area contributed by atoms with E-state index in [4.69, 9.17) is 5.73 Å². The first-order valence-corrected chi connectivity index (χ1v) is 6.89. The van der Waals surface area contributed by atoms with E-state index in [1.165, 1.54) is 43.4 Å². The average molecular weight is 237 g/mol. The molecule has 0 aliphatic carbocycles. The largest absolute Gasteiger partial charge is 0.384 e. The molecule has 0 amide bonds. The molecule has 0 saturated carbocycles. The predicted octanol–water partition coefficient (Wildman–Crippen LogP) is 3.64. The van der Waals surface area contributed by atoms with Gasteiger partial charge in [-0.15, -0.1) is 0 Å². The quantitative estimate of drug-likeness (QED) is 0.736. The molecule has 0 bridgehead atoms. The van der Waals surface area contributed by atoms with Crippen LogP contribution in [0.3, 0.4) is 0 Å². The van der Waals surface area contributed by atoms with Gasteiger partial charge in [0.25, 0.3) is 0 Å². The molecule has 3 nitrogen and oxygen atoms in total. The highest BCUT2D eigenvalue weighted by Crippen LogP contribution is 2.26. The first-order valence-electron chi connectivity index (χ1n) is 6.89. The molecule has 0 spiro atoms. The molecule has 0 aliphatic heterocycles. The second-order valence-corrected chi connectivity index (χ2v) is 5.19. The Labute approximate surface area is 105 Å². The number of nitrogen functional groups attached to an aromatic ring is 1. The Morgan fingerprint density at radius 1 is 1.18 bits per heavy atom. The van der Waals surface area contributed by atoms with Crippen molar-refractivity contribution in [3.8, 4) is 0 Å². The lowest BCUT2D eigenvalue weighted by atomic mass is 9.99.